The second kappa shape index (κ2) is 8.86. The van der Waals surface area contributed by atoms with Crippen LogP contribution in [0.15, 0.2) is 29.1 Å². The Balaban J connectivity index is 1.47. The van der Waals surface area contributed by atoms with Gasteiger partial charge in [-0.2, -0.15) is 0 Å². The third-order valence-corrected chi connectivity index (χ3v) is 6.48. The lowest BCUT2D eigenvalue weighted by molar-refractivity contribution is -0.118. The lowest BCUT2D eigenvalue weighted by atomic mass is 9.87. The zero-order valence-corrected chi connectivity index (χ0v) is 17.0. The molecular formula is C22H27N3O2S. The number of benzene rings is 1. The Hall–Kier alpha value is -2.21. The highest BCUT2D eigenvalue weighted by Gasteiger charge is 2.25. The highest BCUT2D eigenvalue weighted by atomic mass is 32.1. The molecule has 1 aliphatic heterocycles. The molecule has 0 saturated heterocycles. The molecule has 2 aliphatic rings. The van der Waals surface area contributed by atoms with Gasteiger partial charge in [0, 0.05) is 29.7 Å². The second-order valence-corrected chi connectivity index (χ2v) is 8.58. The number of aromatic nitrogens is 1. The van der Waals surface area contributed by atoms with Crippen LogP contribution in [0.2, 0.25) is 0 Å². The number of amides is 2. The average Bonchev–Trinajstić information content (AvgIpc) is 3.21. The number of rotatable bonds is 5. The second-order valence-electron chi connectivity index (χ2n) is 7.87. The van der Waals surface area contributed by atoms with Crippen molar-refractivity contribution in [1.82, 2.24) is 4.98 Å². The molecule has 0 radical (unpaired) electrons. The Kier molecular flexibility index (Phi) is 6.05. The van der Waals surface area contributed by atoms with E-state index >= 15 is 0 Å². The van der Waals surface area contributed by atoms with Crippen LogP contribution < -0.4 is 10.2 Å². The predicted octanol–water partition coefficient (Wildman–Crippen LogP) is 4.57. The molecule has 0 atom stereocenters. The summed E-state index contributed by atoms with van der Waals surface area (Å²) >= 11 is 1.51. The molecule has 5 nitrogen and oxygen atoms in total. The maximum absolute atomic E-state index is 12.8. The third-order valence-electron chi connectivity index (χ3n) is 5.84. The first-order chi connectivity index (χ1) is 13.7. The SMILES string of the molecule is O=C(CC1CCCCC1)Nc1cccc2c1CCCN2C(=O)Cc1cscn1. The van der Waals surface area contributed by atoms with Gasteiger partial charge in [0.1, 0.15) is 0 Å². The lowest BCUT2D eigenvalue weighted by Crippen LogP contribution is -2.37. The molecule has 1 aliphatic carbocycles. The van der Waals surface area contributed by atoms with E-state index in [9.17, 15) is 9.59 Å². The lowest BCUT2D eigenvalue weighted by Gasteiger charge is -2.31. The number of fused-ring (bicyclic) bond motifs is 1. The van der Waals surface area contributed by atoms with Gasteiger partial charge >= 0.3 is 0 Å². The number of hydrogen-bond acceptors (Lipinski definition) is 4. The zero-order valence-electron chi connectivity index (χ0n) is 16.2. The number of nitrogens with zero attached hydrogens (tertiary/aromatic N) is 2. The summed E-state index contributed by atoms with van der Waals surface area (Å²) in [5.74, 6) is 0.688. The normalized spacial score (nSPS) is 17.2. The quantitative estimate of drug-likeness (QED) is 0.804. The molecule has 1 aromatic heterocycles. The summed E-state index contributed by atoms with van der Waals surface area (Å²) in [6, 6.07) is 5.89. The van der Waals surface area contributed by atoms with E-state index in [-0.39, 0.29) is 11.8 Å². The Morgan fingerprint density at radius 3 is 2.82 bits per heavy atom. The van der Waals surface area contributed by atoms with Gasteiger partial charge in [-0.25, -0.2) is 4.98 Å². The molecule has 148 valence electrons. The minimum atomic E-state index is 0.0672. The highest BCUT2D eigenvalue weighted by molar-refractivity contribution is 7.07. The maximum Gasteiger partial charge on any atom is 0.233 e. The fourth-order valence-corrected chi connectivity index (χ4v) is 4.99. The van der Waals surface area contributed by atoms with Crippen molar-refractivity contribution in [2.45, 2.75) is 57.8 Å². The van der Waals surface area contributed by atoms with Crippen molar-refractivity contribution < 1.29 is 9.59 Å². The van der Waals surface area contributed by atoms with Crippen molar-refractivity contribution >= 4 is 34.5 Å². The number of carbonyl (C=O) groups excluding carboxylic acids is 2. The van der Waals surface area contributed by atoms with Crippen LogP contribution in [0.3, 0.4) is 0 Å². The zero-order chi connectivity index (χ0) is 19.3. The molecule has 2 amide bonds. The summed E-state index contributed by atoms with van der Waals surface area (Å²) in [6.45, 7) is 0.718. The van der Waals surface area contributed by atoms with Crippen molar-refractivity contribution in [2.75, 3.05) is 16.8 Å². The van der Waals surface area contributed by atoms with Gasteiger partial charge in [-0.3, -0.25) is 9.59 Å². The molecule has 1 fully saturated rings. The minimum absolute atomic E-state index is 0.0672. The van der Waals surface area contributed by atoms with Crippen LogP contribution in [0.1, 0.15) is 56.2 Å². The topological polar surface area (TPSA) is 62.3 Å². The van der Waals surface area contributed by atoms with Crippen LogP contribution in [0.4, 0.5) is 11.4 Å². The Labute approximate surface area is 170 Å². The smallest absolute Gasteiger partial charge is 0.233 e. The fraction of sp³-hybridized carbons (Fsp3) is 0.500. The Bertz CT molecular complexity index is 828. The van der Waals surface area contributed by atoms with Gasteiger partial charge in [0.15, 0.2) is 0 Å². The molecule has 1 aromatic carbocycles. The Morgan fingerprint density at radius 1 is 1.18 bits per heavy atom. The molecule has 6 heteroatoms. The highest BCUT2D eigenvalue weighted by Crippen LogP contribution is 2.34. The molecule has 0 bridgehead atoms. The molecule has 2 aromatic rings. The third kappa shape index (κ3) is 4.43. The predicted molar refractivity (Wildman–Crippen MR) is 113 cm³/mol. The van der Waals surface area contributed by atoms with E-state index in [1.807, 2.05) is 28.5 Å². The van der Waals surface area contributed by atoms with E-state index in [1.165, 1.54) is 43.4 Å². The number of thiazole rings is 1. The van der Waals surface area contributed by atoms with Crippen LogP contribution in [-0.2, 0) is 22.4 Å². The molecule has 28 heavy (non-hydrogen) atoms. The van der Waals surface area contributed by atoms with Gasteiger partial charge in [0.2, 0.25) is 11.8 Å². The molecule has 0 spiro atoms. The van der Waals surface area contributed by atoms with Crippen molar-refractivity contribution in [3.63, 3.8) is 0 Å². The summed E-state index contributed by atoms with van der Waals surface area (Å²) in [5.41, 5.74) is 5.45. The molecule has 1 saturated carbocycles. The van der Waals surface area contributed by atoms with Gasteiger partial charge in [-0.05, 0) is 49.3 Å². The van der Waals surface area contributed by atoms with Gasteiger partial charge in [-0.1, -0.05) is 25.3 Å². The van der Waals surface area contributed by atoms with Crippen LogP contribution >= 0.6 is 11.3 Å². The monoisotopic (exact) mass is 397 g/mol. The van der Waals surface area contributed by atoms with Crippen molar-refractivity contribution in [3.05, 3.63) is 40.3 Å². The number of carbonyl (C=O) groups is 2. The van der Waals surface area contributed by atoms with Crippen LogP contribution in [-0.4, -0.2) is 23.3 Å². The average molecular weight is 398 g/mol. The summed E-state index contributed by atoms with van der Waals surface area (Å²) in [7, 11) is 0. The first-order valence-electron chi connectivity index (χ1n) is 10.3. The van der Waals surface area contributed by atoms with Gasteiger partial charge in [0.25, 0.3) is 0 Å². The summed E-state index contributed by atoms with van der Waals surface area (Å²) in [4.78, 5) is 31.5. The number of hydrogen-bond donors (Lipinski definition) is 1. The van der Waals surface area contributed by atoms with Gasteiger partial charge in [0.05, 0.1) is 17.6 Å². The minimum Gasteiger partial charge on any atom is -0.326 e. The van der Waals surface area contributed by atoms with Crippen molar-refractivity contribution in [1.29, 1.82) is 0 Å². The standard InChI is InChI=1S/C22H27N3O2S/c26-21(12-16-6-2-1-3-7-16)24-19-9-4-10-20-18(19)8-5-11-25(20)22(27)13-17-14-28-15-23-17/h4,9-10,14-16H,1-3,5-8,11-13H2,(H,24,26). The van der Waals surface area contributed by atoms with Gasteiger partial charge in [-0.15, -0.1) is 11.3 Å². The fourth-order valence-electron chi connectivity index (χ4n) is 4.43. The molecule has 4 rings (SSSR count). The van der Waals surface area contributed by atoms with E-state index in [0.29, 0.717) is 18.8 Å². The molecule has 2 heterocycles. The van der Waals surface area contributed by atoms with E-state index in [4.69, 9.17) is 0 Å². The molecule has 0 unspecified atom stereocenters. The van der Waals surface area contributed by atoms with E-state index in [2.05, 4.69) is 10.3 Å². The van der Waals surface area contributed by atoms with Crippen molar-refractivity contribution in [2.24, 2.45) is 5.92 Å². The summed E-state index contributed by atoms with van der Waals surface area (Å²) < 4.78 is 0. The molecule has 1 N–H and O–H groups in total. The number of nitrogens with one attached hydrogen (secondary N) is 1. The largest absolute Gasteiger partial charge is 0.326 e. The summed E-state index contributed by atoms with van der Waals surface area (Å²) in [6.07, 6.45) is 8.84. The van der Waals surface area contributed by atoms with Gasteiger partial charge < -0.3 is 10.2 Å². The van der Waals surface area contributed by atoms with E-state index < -0.39 is 0 Å². The van der Waals surface area contributed by atoms with Crippen molar-refractivity contribution in [3.8, 4) is 0 Å². The van der Waals surface area contributed by atoms with E-state index in [0.717, 1.165) is 42.0 Å². The van der Waals surface area contributed by atoms with Crippen LogP contribution in [0.25, 0.3) is 0 Å². The number of anilines is 2. The van der Waals surface area contributed by atoms with Crippen LogP contribution in [0.5, 0.6) is 0 Å². The first kappa shape index (κ1) is 19.1. The molecular weight excluding hydrogens is 370 g/mol. The maximum atomic E-state index is 12.8. The first-order valence-corrected chi connectivity index (χ1v) is 11.2. The van der Waals surface area contributed by atoms with E-state index in [1.54, 1.807) is 5.51 Å². The summed E-state index contributed by atoms with van der Waals surface area (Å²) in [5, 5.41) is 5.06. The van der Waals surface area contributed by atoms with Crippen LogP contribution in [0, 0.1) is 5.92 Å². The Morgan fingerprint density at radius 2 is 2.04 bits per heavy atom.